The molecular weight excluding hydrogens is 380 g/mol. The zero-order valence-corrected chi connectivity index (χ0v) is 16.2. The third-order valence-corrected chi connectivity index (χ3v) is 5.50. The van der Waals surface area contributed by atoms with E-state index < -0.39 is 0 Å². The molecule has 0 saturated carbocycles. The fourth-order valence-electron chi connectivity index (χ4n) is 2.91. The first kappa shape index (κ1) is 17.7. The molecule has 0 bridgehead atoms. The molecule has 7 heteroatoms. The van der Waals surface area contributed by atoms with Crippen LogP contribution < -0.4 is 0 Å². The molecule has 0 saturated heterocycles. The fourth-order valence-corrected chi connectivity index (χ4v) is 3.99. The molecule has 1 amide bonds. The highest BCUT2D eigenvalue weighted by Crippen LogP contribution is 2.29. The van der Waals surface area contributed by atoms with E-state index in [1.54, 1.807) is 11.1 Å². The highest BCUT2D eigenvalue weighted by atomic mass is 35.5. The number of fused-ring (bicyclic) bond motifs is 1. The number of imidazole rings is 1. The molecule has 0 aliphatic carbocycles. The minimum absolute atomic E-state index is 0.0440. The van der Waals surface area contributed by atoms with Crippen molar-refractivity contribution in [1.29, 1.82) is 0 Å². The van der Waals surface area contributed by atoms with Gasteiger partial charge in [0.1, 0.15) is 5.69 Å². The first-order chi connectivity index (χ1) is 13.2. The standard InChI is InChI=1S/C20H17ClN4OS/c1-2-24(11-14-7-5-6-10-22-14)19(26)18-13-27-20-23-17(12-25(18)20)15-8-3-4-9-16(15)21/h3-10,12-13H,2,11H2,1H3. The summed E-state index contributed by atoms with van der Waals surface area (Å²) in [6.07, 6.45) is 3.61. The number of amides is 1. The summed E-state index contributed by atoms with van der Waals surface area (Å²) in [5.41, 5.74) is 3.07. The van der Waals surface area contributed by atoms with Gasteiger partial charge in [0.15, 0.2) is 4.96 Å². The second-order valence-electron chi connectivity index (χ2n) is 6.02. The summed E-state index contributed by atoms with van der Waals surface area (Å²) in [7, 11) is 0. The van der Waals surface area contributed by atoms with Crippen molar-refractivity contribution >= 4 is 33.8 Å². The summed E-state index contributed by atoms with van der Waals surface area (Å²) < 4.78 is 1.84. The van der Waals surface area contributed by atoms with E-state index in [0.717, 1.165) is 21.9 Å². The van der Waals surface area contributed by atoms with Crippen molar-refractivity contribution in [3.05, 3.63) is 76.6 Å². The van der Waals surface area contributed by atoms with Crippen LogP contribution in [-0.2, 0) is 6.54 Å². The second-order valence-corrected chi connectivity index (χ2v) is 7.26. The normalized spacial score (nSPS) is 11.0. The molecule has 0 atom stereocenters. The van der Waals surface area contributed by atoms with Gasteiger partial charge in [-0.05, 0) is 25.1 Å². The molecule has 3 aromatic heterocycles. The molecule has 1 aromatic carbocycles. The summed E-state index contributed by atoms with van der Waals surface area (Å²) in [5.74, 6) is -0.0440. The van der Waals surface area contributed by atoms with E-state index in [0.29, 0.717) is 23.8 Å². The third kappa shape index (κ3) is 3.46. The minimum atomic E-state index is -0.0440. The van der Waals surface area contributed by atoms with Gasteiger partial charge in [0.25, 0.3) is 5.91 Å². The van der Waals surface area contributed by atoms with Crippen molar-refractivity contribution in [3.8, 4) is 11.3 Å². The fraction of sp³-hybridized carbons (Fsp3) is 0.150. The maximum atomic E-state index is 13.1. The van der Waals surface area contributed by atoms with Gasteiger partial charge in [-0.3, -0.25) is 14.2 Å². The van der Waals surface area contributed by atoms with Gasteiger partial charge < -0.3 is 4.90 Å². The molecule has 0 N–H and O–H groups in total. The number of carbonyl (C=O) groups is 1. The van der Waals surface area contributed by atoms with Crippen LogP contribution >= 0.6 is 22.9 Å². The predicted molar refractivity (Wildman–Crippen MR) is 108 cm³/mol. The Hall–Kier alpha value is -2.70. The summed E-state index contributed by atoms with van der Waals surface area (Å²) in [6, 6.07) is 13.3. The molecule has 0 fully saturated rings. The SMILES string of the molecule is CCN(Cc1ccccn1)C(=O)c1csc2nc(-c3ccccc3Cl)cn12. The van der Waals surface area contributed by atoms with Crippen molar-refractivity contribution in [1.82, 2.24) is 19.3 Å². The molecule has 0 aliphatic rings. The van der Waals surface area contributed by atoms with Crippen LogP contribution in [0.2, 0.25) is 5.02 Å². The summed E-state index contributed by atoms with van der Waals surface area (Å²) in [6.45, 7) is 3.03. The number of thiazole rings is 1. The van der Waals surface area contributed by atoms with E-state index in [1.807, 2.05) is 65.4 Å². The van der Waals surface area contributed by atoms with E-state index in [-0.39, 0.29) is 5.91 Å². The number of benzene rings is 1. The Balaban J connectivity index is 1.67. The Kier molecular flexibility index (Phi) is 4.92. The Morgan fingerprint density at radius 1 is 1.22 bits per heavy atom. The van der Waals surface area contributed by atoms with E-state index in [9.17, 15) is 4.79 Å². The van der Waals surface area contributed by atoms with Gasteiger partial charge in [-0.15, -0.1) is 11.3 Å². The number of aromatic nitrogens is 3. The van der Waals surface area contributed by atoms with Crippen LogP contribution in [0, 0.1) is 0 Å². The van der Waals surface area contributed by atoms with E-state index in [2.05, 4.69) is 9.97 Å². The van der Waals surface area contributed by atoms with Crippen molar-refractivity contribution in [2.24, 2.45) is 0 Å². The Bertz CT molecular complexity index is 1090. The molecule has 136 valence electrons. The average Bonchev–Trinajstić information content (AvgIpc) is 3.27. The minimum Gasteiger partial charge on any atom is -0.332 e. The zero-order valence-electron chi connectivity index (χ0n) is 14.7. The number of halogens is 1. The zero-order chi connectivity index (χ0) is 18.8. The van der Waals surface area contributed by atoms with Gasteiger partial charge in [-0.25, -0.2) is 4.98 Å². The Morgan fingerprint density at radius 3 is 2.78 bits per heavy atom. The molecule has 4 rings (SSSR count). The van der Waals surface area contributed by atoms with Crippen LogP contribution in [-0.4, -0.2) is 31.7 Å². The van der Waals surface area contributed by atoms with Crippen LogP contribution in [0.4, 0.5) is 0 Å². The number of hydrogen-bond donors (Lipinski definition) is 0. The van der Waals surface area contributed by atoms with Gasteiger partial charge in [0.05, 0.1) is 23.0 Å². The van der Waals surface area contributed by atoms with Gasteiger partial charge in [-0.2, -0.15) is 0 Å². The Labute approximate surface area is 165 Å². The smallest absolute Gasteiger partial charge is 0.272 e. The molecule has 0 unspecified atom stereocenters. The van der Waals surface area contributed by atoms with Gasteiger partial charge >= 0.3 is 0 Å². The molecule has 27 heavy (non-hydrogen) atoms. The van der Waals surface area contributed by atoms with Crippen LogP contribution in [0.15, 0.2) is 60.2 Å². The first-order valence-electron chi connectivity index (χ1n) is 8.58. The molecular formula is C20H17ClN4OS. The highest BCUT2D eigenvalue weighted by Gasteiger charge is 2.21. The maximum Gasteiger partial charge on any atom is 0.272 e. The average molecular weight is 397 g/mol. The summed E-state index contributed by atoms with van der Waals surface area (Å²) in [5, 5.41) is 2.49. The number of rotatable bonds is 5. The van der Waals surface area contributed by atoms with Crippen LogP contribution in [0.3, 0.4) is 0 Å². The molecule has 4 aromatic rings. The monoisotopic (exact) mass is 396 g/mol. The molecule has 5 nitrogen and oxygen atoms in total. The lowest BCUT2D eigenvalue weighted by Gasteiger charge is -2.20. The number of pyridine rings is 1. The van der Waals surface area contributed by atoms with Gasteiger partial charge in [-0.1, -0.05) is 35.9 Å². The number of hydrogen-bond acceptors (Lipinski definition) is 4. The Morgan fingerprint density at radius 2 is 2.04 bits per heavy atom. The lowest BCUT2D eigenvalue weighted by molar-refractivity contribution is 0.0744. The summed E-state index contributed by atoms with van der Waals surface area (Å²) in [4.78, 5) is 24.6. The van der Waals surface area contributed by atoms with E-state index in [4.69, 9.17) is 11.6 Å². The topological polar surface area (TPSA) is 50.5 Å². The van der Waals surface area contributed by atoms with Crippen LogP contribution in [0.1, 0.15) is 23.1 Å². The number of carbonyl (C=O) groups excluding carboxylic acids is 1. The van der Waals surface area contributed by atoms with E-state index >= 15 is 0 Å². The van der Waals surface area contributed by atoms with E-state index in [1.165, 1.54) is 11.3 Å². The molecule has 0 radical (unpaired) electrons. The maximum absolute atomic E-state index is 13.1. The van der Waals surface area contributed by atoms with Crippen molar-refractivity contribution in [2.75, 3.05) is 6.54 Å². The quantitative estimate of drug-likeness (QED) is 0.488. The van der Waals surface area contributed by atoms with Crippen LogP contribution in [0.25, 0.3) is 16.2 Å². The first-order valence-corrected chi connectivity index (χ1v) is 9.84. The molecule has 0 aliphatic heterocycles. The number of nitrogens with zero attached hydrogens (tertiary/aromatic N) is 4. The molecule has 3 heterocycles. The largest absolute Gasteiger partial charge is 0.332 e. The lowest BCUT2D eigenvalue weighted by Crippen LogP contribution is -2.31. The lowest BCUT2D eigenvalue weighted by atomic mass is 10.2. The van der Waals surface area contributed by atoms with Crippen molar-refractivity contribution in [2.45, 2.75) is 13.5 Å². The van der Waals surface area contributed by atoms with Gasteiger partial charge in [0, 0.05) is 29.9 Å². The molecule has 0 spiro atoms. The van der Waals surface area contributed by atoms with Gasteiger partial charge in [0.2, 0.25) is 0 Å². The third-order valence-electron chi connectivity index (χ3n) is 4.33. The van der Waals surface area contributed by atoms with Crippen LogP contribution in [0.5, 0.6) is 0 Å². The van der Waals surface area contributed by atoms with Crippen molar-refractivity contribution < 1.29 is 4.79 Å². The van der Waals surface area contributed by atoms with Crippen molar-refractivity contribution in [3.63, 3.8) is 0 Å². The summed E-state index contributed by atoms with van der Waals surface area (Å²) >= 11 is 7.73. The second kappa shape index (κ2) is 7.50. The predicted octanol–water partition coefficient (Wildman–Crippen LogP) is 4.77. The highest BCUT2D eigenvalue weighted by molar-refractivity contribution is 7.15.